The normalized spacial score (nSPS) is 18.6. The van der Waals surface area contributed by atoms with Crippen LogP contribution in [0.5, 0.6) is 0 Å². The van der Waals surface area contributed by atoms with E-state index in [1.807, 2.05) is 27.7 Å². The van der Waals surface area contributed by atoms with Crippen LogP contribution < -0.4 is 5.73 Å². The Kier molecular flexibility index (Phi) is 8.93. The number of fused-ring (bicyclic) bond motifs is 1. The third-order valence-corrected chi connectivity index (χ3v) is 6.19. The number of nitrogen functional groups attached to an aromatic ring is 1. The molecule has 0 radical (unpaired) electrons. The van der Waals surface area contributed by atoms with Crippen molar-refractivity contribution in [1.82, 2.24) is 19.5 Å². The number of benzene rings is 1. The van der Waals surface area contributed by atoms with Crippen molar-refractivity contribution in [2.24, 2.45) is 0 Å². The summed E-state index contributed by atoms with van der Waals surface area (Å²) in [6, 6.07) is 3.02. The smallest absolute Gasteiger partial charge is 0.220 e. The van der Waals surface area contributed by atoms with Gasteiger partial charge in [0.25, 0.3) is 0 Å². The van der Waals surface area contributed by atoms with Gasteiger partial charge in [-0.25, -0.2) is 19.3 Å². The Morgan fingerprint density at radius 3 is 2.47 bits per heavy atom. The molecule has 4 N–H and O–H groups in total. The molecule has 0 saturated heterocycles. The Hall–Kier alpha value is -2.33. The maximum atomic E-state index is 14.7. The van der Waals surface area contributed by atoms with Crippen LogP contribution in [0, 0.1) is 5.82 Å². The maximum absolute atomic E-state index is 14.7. The van der Waals surface area contributed by atoms with E-state index in [4.69, 9.17) is 22.1 Å². The number of imidazole rings is 1. The van der Waals surface area contributed by atoms with E-state index in [9.17, 15) is 14.6 Å². The van der Waals surface area contributed by atoms with Gasteiger partial charge in [0.05, 0.1) is 40.7 Å². The van der Waals surface area contributed by atoms with E-state index in [0.29, 0.717) is 34.8 Å². The number of aromatic nitrogens is 4. The van der Waals surface area contributed by atoms with Gasteiger partial charge < -0.3 is 25.3 Å². The quantitative estimate of drug-likeness (QED) is 0.411. The van der Waals surface area contributed by atoms with Crippen molar-refractivity contribution in [3.63, 3.8) is 0 Å². The zero-order valence-corrected chi connectivity index (χ0v) is 22.6. The molecule has 8 nitrogen and oxygen atoms in total. The highest BCUT2D eigenvalue weighted by molar-refractivity contribution is 6.33. The topological polar surface area (TPSA) is 119 Å². The van der Waals surface area contributed by atoms with Crippen LogP contribution >= 0.6 is 11.6 Å². The zero-order chi connectivity index (χ0) is 26.8. The summed E-state index contributed by atoms with van der Waals surface area (Å²) in [5.41, 5.74) is 5.96. The fraction of sp³-hybridized carbons (Fsp3) is 0.577. The number of hydrogen-bond donors (Lipinski definition) is 3. The van der Waals surface area contributed by atoms with Crippen LogP contribution in [0.3, 0.4) is 0 Å². The summed E-state index contributed by atoms with van der Waals surface area (Å²) in [4.78, 5) is 12.3. The summed E-state index contributed by atoms with van der Waals surface area (Å²) in [6.07, 6.45) is 5.88. The van der Waals surface area contributed by atoms with E-state index >= 15 is 0 Å². The molecule has 2 aromatic heterocycles. The number of nitrogens with zero attached hydrogens (tertiary/aromatic N) is 4. The first kappa shape index (κ1) is 28.2. The van der Waals surface area contributed by atoms with Crippen molar-refractivity contribution in [2.45, 2.75) is 97.2 Å². The lowest BCUT2D eigenvalue weighted by atomic mass is 9.95. The van der Waals surface area contributed by atoms with Gasteiger partial charge in [-0.1, -0.05) is 11.6 Å². The summed E-state index contributed by atoms with van der Waals surface area (Å²) < 4.78 is 22.1. The summed E-state index contributed by atoms with van der Waals surface area (Å²) in [5.74, 6) is -0.0815. The van der Waals surface area contributed by atoms with Crippen molar-refractivity contribution in [2.75, 3.05) is 5.73 Å². The summed E-state index contributed by atoms with van der Waals surface area (Å²) in [6.45, 7) is 11.2. The van der Waals surface area contributed by atoms with Crippen LogP contribution in [0.4, 0.5) is 10.3 Å². The highest BCUT2D eigenvalue weighted by Gasteiger charge is 2.28. The summed E-state index contributed by atoms with van der Waals surface area (Å²) >= 11 is 6.15. The lowest BCUT2D eigenvalue weighted by Gasteiger charge is -2.27. The molecule has 10 heteroatoms. The highest BCUT2D eigenvalue weighted by atomic mass is 35.5. The van der Waals surface area contributed by atoms with Crippen molar-refractivity contribution >= 4 is 28.6 Å². The number of nitrogens with two attached hydrogens (primary N) is 1. The minimum absolute atomic E-state index is 0.0352. The molecular formula is C26H37ClFN5O3. The van der Waals surface area contributed by atoms with Gasteiger partial charge in [-0.2, -0.15) is 0 Å². The molecule has 2 atom stereocenters. The van der Waals surface area contributed by atoms with Crippen LogP contribution in [0.2, 0.25) is 5.02 Å². The predicted molar refractivity (Wildman–Crippen MR) is 140 cm³/mol. The van der Waals surface area contributed by atoms with Crippen LogP contribution in [0.25, 0.3) is 22.3 Å². The molecule has 1 aromatic carbocycles. The standard InChI is InChI=1S/C17H19ClFN5O.C9H18O2/c1-8(2)24-12-6-9(13-10(18)7-21-16(20)23-13)5-11(19)14(12)22-15(24)17(3,4)25;1-7(2)11-9-5-3-4-8(10)6-9/h5-8,25H,1-4H3,(H2,20,21,23);7-10H,3-6H2,1-2H3. The lowest BCUT2D eigenvalue weighted by Crippen LogP contribution is -2.28. The summed E-state index contributed by atoms with van der Waals surface area (Å²) in [5, 5.41) is 20.0. The second-order valence-electron chi connectivity index (χ2n) is 10.3. The fourth-order valence-corrected chi connectivity index (χ4v) is 4.66. The van der Waals surface area contributed by atoms with Gasteiger partial charge in [-0.05, 0) is 79.4 Å². The molecule has 0 aliphatic heterocycles. The van der Waals surface area contributed by atoms with Crippen LogP contribution in [-0.2, 0) is 10.3 Å². The molecule has 3 aromatic rings. The first-order valence-electron chi connectivity index (χ1n) is 12.3. The van der Waals surface area contributed by atoms with Gasteiger partial charge in [-0.3, -0.25) is 0 Å². The molecule has 1 fully saturated rings. The minimum Gasteiger partial charge on any atom is -0.393 e. The van der Waals surface area contributed by atoms with E-state index in [2.05, 4.69) is 15.0 Å². The molecule has 198 valence electrons. The van der Waals surface area contributed by atoms with Crippen molar-refractivity contribution in [1.29, 1.82) is 0 Å². The van der Waals surface area contributed by atoms with Crippen molar-refractivity contribution in [3.8, 4) is 11.3 Å². The predicted octanol–water partition coefficient (Wildman–Crippen LogP) is 5.39. The van der Waals surface area contributed by atoms with Gasteiger partial charge in [0.15, 0.2) is 5.82 Å². The second-order valence-corrected chi connectivity index (χ2v) is 10.7. The average molecular weight is 522 g/mol. The van der Waals surface area contributed by atoms with E-state index in [1.165, 1.54) is 12.3 Å². The third-order valence-electron chi connectivity index (χ3n) is 5.91. The lowest BCUT2D eigenvalue weighted by molar-refractivity contribution is -0.0429. The molecule has 2 heterocycles. The molecule has 36 heavy (non-hydrogen) atoms. The van der Waals surface area contributed by atoms with Crippen LogP contribution in [0.15, 0.2) is 18.3 Å². The Morgan fingerprint density at radius 1 is 1.19 bits per heavy atom. The zero-order valence-electron chi connectivity index (χ0n) is 21.8. The number of anilines is 1. The third kappa shape index (κ3) is 6.70. The molecule has 1 aliphatic carbocycles. The molecule has 0 amide bonds. The monoisotopic (exact) mass is 521 g/mol. The Balaban J connectivity index is 0.000000275. The largest absolute Gasteiger partial charge is 0.393 e. The molecule has 1 saturated carbocycles. The van der Waals surface area contributed by atoms with E-state index < -0.39 is 11.4 Å². The van der Waals surface area contributed by atoms with Crippen molar-refractivity contribution in [3.05, 3.63) is 35.0 Å². The van der Waals surface area contributed by atoms with Gasteiger partial charge in [0.2, 0.25) is 5.95 Å². The minimum atomic E-state index is -1.22. The number of aliphatic hydroxyl groups excluding tert-OH is 1. The van der Waals surface area contributed by atoms with Crippen LogP contribution in [0.1, 0.15) is 79.1 Å². The van der Waals surface area contributed by atoms with Gasteiger partial charge in [-0.15, -0.1) is 0 Å². The number of rotatable bonds is 5. The van der Waals surface area contributed by atoms with E-state index in [1.54, 1.807) is 24.5 Å². The van der Waals surface area contributed by atoms with Gasteiger partial charge in [0, 0.05) is 11.6 Å². The Bertz CT molecular complexity index is 1190. The van der Waals surface area contributed by atoms with E-state index in [-0.39, 0.29) is 28.6 Å². The van der Waals surface area contributed by atoms with E-state index in [0.717, 1.165) is 25.7 Å². The Morgan fingerprint density at radius 2 is 1.89 bits per heavy atom. The second kappa shape index (κ2) is 11.4. The van der Waals surface area contributed by atoms with Gasteiger partial charge in [0.1, 0.15) is 16.9 Å². The Labute approximate surface area is 216 Å². The number of aliphatic hydroxyl groups is 2. The molecule has 4 rings (SSSR count). The number of hydrogen-bond acceptors (Lipinski definition) is 7. The molecule has 2 unspecified atom stereocenters. The molecule has 1 aliphatic rings. The molecular weight excluding hydrogens is 485 g/mol. The highest BCUT2D eigenvalue weighted by Crippen LogP contribution is 2.34. The first-order valence-corrected chi connectivity index (χ1v) is 12.7. The SMILES string of the molecule is CC(C)OC1CCCC(O)C1.CC(C)n1c(C(C)(C)O)nc2c(F)cc(-c3nc(N)ncc3Cl)cc21. The maximum Gasteiger partial charge on any atom is 0.220 e. The fourth-order valence-electron chi connectivity index (χ4n) is 4.46. The average Bonchev–Trinajstić information content (AvgIpc) is 3.16. The summed E-state index contributed by atoms with van der Waals surface area (Å²) in [7, 11) is 0. The van der Waals surface area contributed by atoms with Gasteiger partial charge >= 0.3 is 0 Å². The van der Waals surface area contributed by atoms with Crippen molar-refractivity contribution < 1.29 is 19.3 Å². The molecule has 0 bridgehead atoms. The van der Waals surface area contributed by atoms with Crippen LogP contribution in [-0.4, -0.2) is 48.0 Å². The molecule has 0 spiro atoms. The number of halogens is 2. The first-order chi connectivity index (χ1) is 16.8. The number of ether oxygens (including phenoxy) is 1.